The molecular weight excluding hydrogens is 318 g/mol. The summed E-state index contributed by atoms with van der Waals surface area (Å²) < 4.78 is 5.48. The first-order chi connectivity index (χ1) is 10.6. The van der Waals surface area contributed by atoms with Crippen molar-refractivity contribution in [2.75, 3.05) is 18.4 Å². The molecule has 0 saturated carbocycles. The number of benzene rings is 1. The fraction of sp³-hybridized carbons (Fsp3) is 0.500. The highest BCUT2D eigenvalue weighted by Gasteiger charge is 2.29. The van der Waals surface area contributed by atoms with E-state index in [2.05, 4.69) is 17.6 Å². The molecule has 1 saturated heterocycles. The van der Waals surface area contributed by atoms with Crippen LogP contribution in [0, 0.1) is 0 Å². The number of aryl methyl sites for hydroxylation is 1. The Morgan fingerprint density at radius 1 is 1.35 bits per heavy atom. The smallest absolute Gasteiger partial charge is 0.249 e. The Kier molecular flexibility index (Phi) is 8.02. The van der Waals surface area contributed by atoms with Gasteiger partial charge in [-0.2, -0.15) is 0 Å². The van der Waals surface area contributed by atoms with Crippen molar-refractivity contribution in [3.8, 4) is 0 Å². The van der Waals surface area contributed by atoms with Gasteiger partial charge in [0, 0.05) is 12.2 Å². The van der Waals surface area contributed by atoms with Crippen LogP contribution in [-0.2, 0) is 20.7 Å². The lowest BCUT2D eigenvalue weighted by Crippen LogP contribution is -2.39. The number of halogens is 1. The van der Waals surface area contributed by atoms with Crippen LogP contribution in [0.25, 0.3) is 0 Å². The van der Waals surface area contributed by atoms with Crippen molar-refractivity contribution >= 4 is 29.9 Å². The van der Waals surface area contributed by atoms with Crippen LogP contribution in [-0.4, -0.2) is 37.1 Å². The second-order valence-electron chi connectivity index (χ2n) is 5.38. The zero-order valence-electron chi connectivity index (χ0n) is 13.2. The minimum absolute atomic E-state index is 0. The van der Waals surface area contributed by atoms with E-state index < -0.39 is 6.10 Å². The summed E-state index contributed by atoms with van der Waals surface area (Å²) in [5.41, 5.74) is 7.39. The monoisotopic (exact) mass is 341 g/mol. The van der Waals surface area contributed by atoms with Crippen LogP contribution >= 0.6 is 12.4 Å². The first-order valence-corrected chi connectivity index (χ1v) is 7.64. The van der Waals surface area contributed by atoms with Crippen LogP contribution in [0.5, 0.6) is 0 Å². The first kappa shape index (κ1) is 19.4. The molecule has 1 heterocycles. The molecule has 1 aromatic carbocycles. The summed E-state index contributed by atoms with van der Waals surface area (Å²) >= 11 is 0. The largest absolute Gasteiger partial charge is 0.364 e. The highest BCUT2D eigenvalue weighted by molar-refractivity contribution is 5.95. The van der Waals surface area contributed by atoms with E-state index >= 15 is 0 Å². The second kappa shape index (κ2) is 9.50. The standard InChI is InChI=1S/C16H23N3O3.ClH/c1-2-11-4-3-5-12(8-11)19-15(20)10-18-16(21)14-7-6-13(9-17)22-14;/h3-5,8,13-14H,2,6-7,9-10,17H2,1H3,(H,18,21)(H,19,20);1H/t13-,14+;/m1./s1. The van der Waals surface area contributed by atoms with E-state index in [-0.39, 0.29) is 36.9 Å². The Morgan fingerprint density at radius 2 is 2.13 bits per heavy atom. The maximum absolute atomic E-state index is 11.9. The lowest BCUT2D eigenvalue weighted by atomic mass is 10.1. The van der Waals surface area contributed by atoms with Crippen molar-refractivity contribution < 1.29 is 14.3 Å². The minimum Gasteiger partial charge on any atom is -0.364 e. The van der Waals surface area contributed by atoms with Gasteiger partial charge in [-0.15, -0.1) is 12.4 Å². The van der Waals surface area contributed by atoms with E-state index in [1.165, 1.54) is 0 Å². The molecule has 2 rings (SSSR count). The molecule has 23 heavy (non-hydrogen) atoms. The molecule has 2 atom stereocenters. The van der Waals surface area contributed by atoms with Gasteiger partial charge in [-0.05, 0) is 37.0 Å². The van der Waals surface area contributed by atoms with Crippen molar-refractivity contribution in [1.82, 2.24) is 5.32 Å². The molecule has 1 aliphatic rings. The third kappa shape index (κ3) is 5.82. The van der Waals surface area contributed by atoms with Crippen molar-refractivity contribution in [2.45, 2.75) is 38.4 Å². The van der Waals surface area contributed by atoms with Gasteiger partial charge in [-0.1, -0.05) is 19.1 Å². The minimum atomic E-state index is -0.496. The number of carbonyl (C=O) groups is 2. The van der Waals surface area contributed by atoms with Gasteiger partial charge >= 0.3 is 0 Å². The maximum atomic E-state index is 11.9. The summed E-state index contributed by atoms with van der Waals surface area (Å²) in [6, 6.07) is 7.64. The number of hydrogen-bond donors (Lipinski definition) is 3. The Hall–Kier alpha value is -1.63. The molecule has 0 unspecified atom stereocenters. The van der Waals surface area contributed by atoms with Crippen LogP contribution in [0.1, 0.15) is 25.3 Å². The van der Waals surface area contributed by atoms with E-state index in [4.69, 9.17) is 10.5 Å². The van der Waals surface area contributed by atoms with Crippen molar-refractivity contribution in [3.05, 3.63) is 29.8 Å². The highest BCUT2D eigenvalue weighted by atomic mass is 35.5. The molecule has 1 aromatic rings. The molecule has 128 valence electrons. The summed E-state index contributed by atoms with van der Waals surface area (Å²) in [6.07, 6.45) is 1.78. The van der Waals surface area contributed by atoms with Gasteiger partial charge in [0.05, 0.1) is 12.6 Å². The quantitative estimate of drug-likeness (QED) is 0.725. The molecule has 1 fully saturated rings. The van der Waals surface area contributed by atoms with Crippen LogP contribution in [0.3, 0.4) is 0 Å². The summed E-state index contributed by atoms with van der Waals surface area (Å²) in [6.45, 7) is 2.40. The SMILES string of the molecule is CCc1cccc(NC(=O)CNC(=O)[C@@H]2CC[C@H](CN)O2)c1.Cl. The predicted octanol–water partition coefficient (Wildman–Crippen LogP) is 1.23. The molecule has 0 aromatic heterocycles. The van der Waals surface area contributed by atoms with Gasteiger partial charge in [-0.25, -0.2) is 0 Å². The van der Waals surface area contributed by atoms with E-state index in [0.717, 1.165) is 24.1 Å². The number of anilines is 1. The average Bonchev–Trinajstić information content (AvgIpc) is 3.02. The Labute approximate surface area is 142 Å². The van der Waals surface area contributed by atoms with Crippen LogP contribution in [0.15, 0.2) is 24.3 Å². The number of nitrogens with two attached hydrogens (primary N) is 1. The van der Waals surface area contributed by atoms with Gasteiger partial charge in [0.2, 0.25) is 11.8 Å². The van der Waals surface area contributed by atoms with E-state index in [1.54, 1.807) is 0 Å². The molecule has 4 N–H and O–H groups in total. The Balaban J connectivity index is 0.00000264. The van der Waals surface area contributed by atoms with Gasteiger partial charge < -0.3 is 21.1 Å². The lowest BCUT2D eigenvalue weighted by Gasteiger charge is -2.13. The highest BCUT2D eigenvalue weighted by Crippen LogP contribution is 2.18. The first-order valence-electron chi connectivity index (χ1n) is 7.64. The molecule has 0 radical (unpaired) electrons. The fourth-order valence-electron chi connectivity index (χ4n) is 2.43. The molecule has 1 aliphatic heterocycles. The molecule has 0 aliphatic carbocycles. The second-order valence-corrected chi connectivity index (χ2v) is 5.38. The molecular formula is C16H24ClN3O3. The van der Waals surface area contributed by atoms with Crippen LogP contribution in [0.4, 0.5) is 5.69 Å². The zero-order chi connectivity index (χ0) is 15.9. The third-order valence-corrected chi connectivity index (χ3v) is 3.71. The summed E-state index contributed by atoms with van der Waals surface area (Å²) in [5, 5.41) is 5.37. The topological polar surface area (TPSA) is 93.5 Å². The maximum Gasteiger partial charge on any atom is 0.249 e. The van der Waals surface area contributed by atoms with Gasteiger partial charge in [0.15, 0.2) is 0 Å². The van der Waals surface area contributed by atoms with Crippen molar-refractivity contribution in [2.24, 2.45) is 5.73 Å². The van der Waals surface area contributed by atoms with E-state index in [0.29, 0.717) is 13.0 Å². The number of ether oxygens (including phenoxy) is 1. The number of hydrogen-bond acceptors (Lipinski definition) is 4. The summed E-state index contributed by atoms with van der Waals surface area (Å²) in [5.74, 6) is -0.511. The average molecular weight is 342 g/mol. The van der Waals surface area contributed by atoms with Gasteiger partial charge in [0.1, 0.15) is 6.10 Å². The van der Waals surface area contributed by atoms with Gasteiger partial charge in [-0.3, -0.25) is 9.59 Å². The van der Waals surface area contributed by atoms with Gasteiger partial charge in [0.25, 0.3) is 0 Å². The van der Waals surface area contributed by atoms with Crippen molar-refractivity contribution in [3.63, 3.8) is 0 Å². The van der Waals surface area contributed by atoms with E-state index in [1.807, 2.05) is 24.3 Å². The summed E-state index contributed by atoms with van der Waals surface area (Å²) in [7, 11) is 0. The van der Waals surface area contributed by atoms with Crippen molar-refractivity contribution in [1.29, 1.82) is 0 Å². The third-order valence-electron chi connectivity index (χ3n) is 3.71. The lowest BCUT2D eigenvalue weighted by molar-refractivity contribution is -0.133. The van der Waals surface area contributed by atoms with Crippen LogP contribution < -0.4 is 16.4 Å². The summed E-state index contributed by atoms with van der Waals surface area (Å²) in [4.78, 5) is 23.8. The zero-order valence-corrected chi connectivity index (χ0v) is 14.0. The Morgan fingerprint density at radius 3 is 2.78 bits per heavy atom. The Bertz CT molecular complexity index is 539. The van der Waals surface area contributed by atoms with Crippen LogP contribution in [0.2, 0.25) is 0 Å². The number of rotatable bonds is 6. The normalized spacial score (nSPS) is 19.7. The molecule has 2 amide bonds. The number of amides is 2. The van der Waals surface area contributed by atoms with E-state index in [9.17, 15) is 9.59 Å². The molecule has 0 bridgehead atoms. The molecule has 7 heteroatoms. The predicted molar refractivity (Wildman–Crippen MR) is 91.7 cm³/mol. The molecule has 6 nitrogen and oxygen atoms in total. The molecule has 0 spiro atoms. The number of carbonyl (C=O) groups excluding carboxylic acids is 2. The number of nitrogens with one attached hydrogen (secondary N) is 2. The fourth-order valence-corrected chi connectivity index (χ4v) is 2.43.